The molecule has 0 radical (unpaired) electrons. The number of fused-ring (bicyclic) bond motifs is 6. The van der Waals surface area contributed by atoms with E-state index in [0.717, 1.165) is 95.3 Å². The zero-order valence-electron chi connectivity index (χ0n) is 50.5. The van der Waals surface area contributed by atoms with E-state index in [1.165, 1.54) is 44.9 Å². The Balaban J connectivity index is 0.000000298. The number of cyclic esters (lactones) is 3. The molecule has 7 aliphatic carbocycles. The van der Waals surface area contributed by atoms with E-state index in [4.69, 9.17) is 28.4 Å². The van der Waals surface area contributed by atoms with Crippen molar-refractivity contribution in [3.05, 3.63) is 0 Å². The Morgan fingerprint density at radius 2 is 0.909 bits per heavy atom. The summed E-state index contributed by atoms with van der Waals surface area (Å²) in [5, 5.41) is 0. The number of carbonyl (C=O) groups excluding carboxylic acids is 7. The second-order valence-electron chi connectivity index (χ2n) is 20.5. The van der Waals surface area contributed by atoms with Crippen molar-refractivity contribution in [1.82, 2.24) is 0 Å². The van der Waals surface area contributed by atoms with Gasteiger partial charge in [-0.25, -0.2) is 0 Å². The lowest BCUT2D eigenvalue weighted by atomic mass is 9.65. The molecule has 16 unspecified atom stereocenters. The van der Waals surface area contributed by atoms with Gasteiger partial charge in [-0.15, -0.1) is 0 Å². The van der Waals surface area contributed by atoms with Gasteiger partial charge in [0.1, 0.15) is 30.5 Å². The molecule has 16 rings (SSSR count). The molecule has 446 valence electrons. The fraction of sp³-hybridized carbons (Fsp3) is 0.887. The molecular formula is C62H108O15. The monoisotopic (exact) mass is 1090 g/mol. The van der Waals surface area contributed by atoms with E-state index in [1.54, 1.807) is 0 Å². The van der Waals surface area contributed by atoms with Crippen LogP contribution in [0.1, 0.15) is 238 Å². The summed E-state index contributed by atoms with van der Waals surface area (Å²) >= 11 is 0. The summed E-state index contributed by atoms with van der Waals surface area (Å²) in [5.74, 6) is 4.85. The highest BCUT2D eigenvalue weighted by Gasteiger charge is 2.58. The minimum atomic E-state index is -0.0463. The maximum Gasteiger partial charge on any atom is 0.312 e. The zero-order valence-corrected chi connectivity index (χ0v) is 50.5. The van der Waals surface area contributed by atoms with Crippen molar-refractivity contribution in [3.63, 3.8) is 0 Å². The summed E-state index contributed by atoms with van der Waals surface area (Å²) < 4.78 is 40.2. The molecule has 16 atom stereocenters. The number of carbonyl (C=O) groups is 7. The summed E-state index contributed by atoms with van der Waals surface area (Å²) in [6, 6.07) is 0. The van der Waals surface area contributed by atoms with Gasteiger partial charge in [0.05, 0.1) is 55.5 Å². The van der Waals surface area contributed by atoms with Gasteiger partial charge in [0, 0.05) is 37.0 Å². The van der Waals surface area contributed by atoms with Crippen molar-refractivity contribution in [2.75, 3.05) is 19.8 Å². The number of hydrogen-bond donors (Lipinski definition) is 0. The van der Waals surface area contributed by atoms with Gasteiger partial charge in [-0.3, -0.25) is 33.6 Å². The Bertz CT molecular complexity index is 1670. The van der Waals surface area contributed by atoms with Gasteiger partial charge in [0.15, 0.2) is 0 Å². The van der Waals surface area contributed by atoms with Crippen molar-refractivity contribution in [2.45, 2.75) is 275 Å². The standard InChI is InChI=1S/C9H12O2.C8H10O2.C8H12O2.C7H8O3.C7H10O2.C5H8O2.C4H6O2.7C2H6/c10-9-7-3-5-1-2-6(7)8(4-5)11-9;9-8-6-2-4-1-5(6)7(3-4)10-8;9-8-7-4-2-1-3-6(7)5-10-8;8-7-4-1-3-2-5(10-7)6(4)9-3;8-7-5-2-1-3-6(4-5)9-7;6-5-3-1-2-4-7-5;5-4-2-1-3-6-4;7*1-2/h5-8H,1-4H2;4-7H,1-3H2;6-7H,1-5H2;3-6H,1-2H2;5-6H,1-4H2;1-4H2;1-3H2;7*1-2H3. The average molecular weight is 1090 g/mol. The van der Waals surface area contributed by atoms with Gasteiger partial charge in [-0.05, 0) is 121 Å². The van der Waals surface area contributed by atoms with Crippen LogP contribution in [0.2, 0.25) is 0 Å². The largest absolute Gasteiger partial charge is 0.466 e. The lowest BCUT2D eigenvalue weighted by molar-refractivity contribution is -0.147. The van der Waals surface area contributed by atoms with Crippen LogP contribution < -0.4 is 0 Å². The highest BCUT2D eigenvalue weighted by atomic mass is 16.6. The predicted molar refractivity (Wildman–Crippen MR) is 297 cm³/mol. The van der Waals surface area contributed by atoms with Crippen molar-refractivity contribution < 1.29 is 71.5 Å². The second kappa shape index (κ2) is 38.0. The SMILES string of the molecule is CC.CC.CC.CC.CC.CC.CC.O=C1CCCCO1.O=C1CCCO1.O=C1OC2CC3CC1C2C3.O=C1OC2CC3CC1C2O3.O=C1OC2CC3CCC2C1C3.O=C1OC2CCCC1C2.O=C1OCC2CCCCC12. The molecule has 0 aromatic heterocycles. The third-order valence-corrected chi connectivity index (χ3v) is 16.4. The van der Waals surface area contributed by atoms with E-state index in [-0.39, 0.29) is 77.9 Å². The number of esters is 7. The highest BCUT2D eigenvalue weighted by molar-refractivity contribution is 5.78. The molecule has 15 nitrogen and oxygen atoms in total. The molecular weight excluding hydrogens is 985 g/mol. The van der Waals surface area contributed by atoms with Crippen LogP contribution in [0.5, 0.6) is 0 Å². The van der Waals surface area contributed by atoms with Crippen molar-refractivity contribution in [1.29, 1.82) is 0 Å². The topological polar surface area (TPSA) is 193 Å². The van der Waals surface area contributed by atoms with Gasteiger partial charge >= 0.3 is 41.8 Å². The molecule has 16 aliphatic rings. The third kappa shape index (κ3) is 19.8. The minimum absolute atomic E-state index is 0.0324. The number of ether oxygens (including phenoxy) is 8. The van der Waals surface area contributed by atoms with Crippen LogP contribution >= 0.6 is 0 Å². The molecule has 0 aromatic rings. The quantitative estimate of drug-likeness (QED) is 0.164. The van der Waals surface area contributed by atoms with E-state index in [1.807, 2.05) is 96.9 Å². The first-order valence-electron chi connectivity index (χ1n) is 31.5. The Morgan fingerprint density at radius 1 is 0.351 bits per heavy atom. The van der Waals surface area contributed by atoms with Gasteiger partial charge < -0.3 is 37.9 Å². The minimum Gasteiger partial charge on any atom is -0.466 e. The van der Waals surface area contributed by atoms with Crippen LogP contribution in [0.4, 0.5) is 0 Å². The maximum absolute atomic E-state index is 11.2. The van der Waals surface area contributed by atoms with E-state index < -0.39 is 0 Å². The molecule has 7 saturated carbocycles. The van der Waals surface area contributed by atoms with Crippen molar-refractivity contribution >= 4 is 41.8 Å². The van der Waals surface area contributed by atoms with Crippen molar-refractivity contribution in [3.8, 4) is 0 Å². The molecule has 9 saturated heterocycles. The lowest BCUT2D eigenvalue weighted by Crippen LogP contribution is -2.36. The molecule has 9 heterocycles. The van der Waals surface area contributed by atoms with E-state index in [0.29, 0.717) is 80.6 Å². The fourth-order valence-corrected chi connectivity index (χ4v) is 13.1. The second-order valence-corrected chi connectivity index (χ2v) is 20.5. The molecule has 9 aliphatic heterocycles. The highest BCUT2D eigenvalue weighted by Crippen LogP contribution is 2.54. The van der Waals surface area contributed by atoms with Gasteiger partial charge in [0.25, 0.3) is 0 Å². The van der Waals surface area contributed by atoms with Gasteiger partial charge in [0.2, 0.25) is 0 Å². The first-order chi connectivity index (χ1) is 37.6. The summed E-state index contributed by atoms with van der Waals surface area (Å²) in [6.45, 7) is 30.0. The average Bonchev–Trinajstić information content (AvgIpc) is 4.41. The molecule has 77 heavy (non-hydrogen) atoms. The molecule has 0 aromatic carbocycles. The lowest BCUT2D eigenvalue weighted by Gasteiger charge is -2.38. The smallest absolute Gasteiger partial charge is 0.312 e. The Hall–Kier alpha value is -3.75. The summed E-state index contributed by atoms with van der Waals surface area (Å²) in [7, 11) is 0. The fourth-order valence-electron chi connectivity index (χ4n) is 13.1. The molecule has 16 fully saturated rings. The summed E-state index contributed by atoms with van der Waals surface area (Å²) in [6.07, 6.45) is 25.1. The molecule has 0 spiro atoms. The first kappa shape index (κ1) is 69.4. The number of hydrogen-bond acceptors (Lipinski definition) is 15. The maximum atomic E-state index is 11.2. The van der Waals surface area contributed by atoms with Gasteiger partial charge in [-0.1, -0.05) is 110 Å². The summed E-state index contributed by atoms with van der Waals surface area (Å²) in [4.78, 5) is 75.4. The first-order valence-corrected chi connectivity index (χ1v) is 31.5. The van der Waals surface area contributed by atoms with Crippen LogP contribution in [0.15, 0.2) is 0 Å². The predicted octanol–water partition coefficient (Wildman–Crippen LogP) is 13.1. The Morgan fingerprint density at radius 3 is 1.35 bits per heavy atom. The Kier molecular flexibility index (Phi) is 34.2. The van der Waals surface area contributed by atoms with E-state index in [2.05, 4.69) is 9.47 Å². The van der Waals surface area contributed by atoms with Crippen LogP contribution in [0, 0.1) is 59.2 Å². The zero-order chi connectivity index (χ0) is 57.6. The molecule has 15 heteroatoms. The van der Waals surface area contributed by atoms with Crippen LogP contribution in [0.25, 0.3) is 0 Å². The van der Waals surface area contributed by atoms with Crippen LogP contribution in [-0.4, -0.2) is 98.2 Å². The van der Waals surface area contributed by atoms with Crippen LogP contribution in [-0.2, 0) is 71.5 Å². The Labute approximate surface area is 465 Å². The molecule has 10 bridgehead atoms. The molecule has 0 amide bonds. The number of rotatable bonds is 0. The normalized spacial score (nSPS) is 36.0. The van der Waals surface area contributed by atoms with E-state index in [9.17, 15) is 33.6 Å². The summed E-state index contributed by atoms with van der Waals surface area (Å²) in [5.41, 5.74) is 0. The van der Waals surface area contributed by atoms with Crippen molar-refractivity contribution in [2.24, 2.45) is 59.2 Å². The van der Waals surface area contributed by atoms with Gasteiger partial charge in [-0.2, -0.15) is 0 Å². The molecule has 0 N–H and O–H groups in total. The van der Waals surface area contributed by atoms with E-state index >= 15 is 0 Å². The third-order valence-electron chi connectivity index (χ3n) is 16.4. The van der Waals surface area contributed by atoms with Crippen LogP contribution in [0.3, 0.4) is 0 Å².